The van der Waals surface area contributed by atoms with E-state index in [0.29, 0.717) is 12.3 Å². The van der Waals surface area contributed by atoms with Gasteiger partial charge in [-0.3, -0.25) is 4.79 Å². The Hall–Kier alpha value is -1.57. The minimum atomic E-state index is -0.244. The van der Waals surface area contributed by atoms with Crippen LogP contribution in [0, 0.1) is 0 Å². The summed E-state index contributed by atoms with van der Waals surface area (Å²) in [7, 11) is 0. The summed E-state index contributed by atoms with van der Waals surface area (Å²) >= 11 is 0. The molecule has 1 aromatic rings. The molecule has 2 nitrogen and oxygen atoms in total. The van der Waals surface area contributed by atoms with Crippen molar-refractivity contribution in [2.75, 3.05) is 0 Å². The van der Waals surface area contributed by atoms with Crippen LogP contribution in [0.15, 0.2) is 42.5 Å². The molecule has 0 spiro atoms. The molecule has 0 aliphatic heterocycles. The maximum absolute atomic E-state index is 10.5. The number of carbonyl (C=O) groups excluding carboxylic acids is 1. The molecule has 2 heteroatoms. The second kappa shape index (κ2) is 6.02. The third-order valence-corrected chi connectivity index (χ3v) is 2.31. The molecule has 1 amide bonds. The average molecular weight is 203 g/mol. The highest BCUT2D eigenvalue weighted by atomic mass is 16.1. The average Bonchev–Trinajstić information content (AvgIpc) is 2.25. The van der Waals surface area contributed by atoms with E-state index < -0.39 is 0 Å². The van der Waals surface area contributed by atoms with Gasteiger partial charge in [-0.1, -0.05) is 49.4 Å². The largest absolute Gasteiger partial charge is 0.370 e. The smallest absolute Gasteiger partial charge is 0.217 e. The Kier molecular flexibility index (Phi) is 4.61. The lowest BCUT2D eigenvalue weighted by atomic mass is 10.0. The fourth-order valence-corrected chi connectivity index (χ4v) is 1.39. The van der Waals surface area contributed by atoms with Crippen LogP contribution in [0.4, 0.5) is 0 Å². The van der Waals surface area contributed by atoms with Crippen molar-refractivity contribution in [1.82, 2.24) is 0 Å². The Bertz CT molecular complexity index is 330. The van der Waals surface area contributed by atoms with Gasteiger partial charge in [-0.05, 0) is 17.9 Å². The van der Waals surface area contributed by atoms with E-state index in [4.69, 9.17) is 5.73 Å². The topological polar surface area (TPSA) is 43.1 Å². The number of hydrogen-bond donors (Lipinski definition) is 1. The Labute approximate surface area is 90.8 Å². The number of amides is 1. The summed E-state index contributed by atoms with van der Waals surface area (Å²) < 4.78 is 0. The minimum Gasteiger partial charge on any atom is -0.370 e. The molecule has 1 unspecified atom stereocenters. The molecule has 0 fully saturated rings. The molecular formula is C13H17NO. The van der Waals surface area contributed by atoms with E-state index in [1.54, 1.807) is 0 Å². The van der Waals surface area contributed by atoms with Crippen LogP contribution >= 0.6 is 0 Å². The van der Waals surface area contributed by atoms with Crippen LogP contribution in [0.2, 0.25) is 0 Å². The maximum Gasteiger partial charge on any atom is 0.217 e. The second-order valence-electron chi connectivity index (χ2n) is 3.63. The number of hydrogen-bond acceptors (Lipinski definition) is 1. The molecule has 0 aromatic heterocycles. The van der Waals surface area contributed by atoms with Crippen molar-refractivity contribution in [1.29, 1.82) is 0 Å². The van der Waals surface area contributed by atoms with Gasteiger partial charge in [0.2, 0.25) is 5.91 Å². The van der Waals surface area contributed by atoms with E-state index in [2.05, 4.69) is 25.1 Å². The van der Waals surface area contributed by atoms with Crippen molar-refractivity contribution in [3.8, 4) is 0 Å². The van der Waals surface area contributed by atoms with Crippen LogP contribution in [0.3, 0.4) is 0 Å². The van der Waals surface area contributed by atoms with Gasteiger partial charge in [-0.15, -0.1) is 0 Å². The maximum atomic E-state index is 10.5. The molecule has 0 radical (unpaired) electrons. The predicted molar refractivity (Wildman–Crippen MR) is 62.4 cm³/mol. The van der Waals surface area contributed by atoms with E-state index in [1.165, 1.54) is 5.56 Å². The van der Waals surface area contributed by atoms with E-state index in [9.17, 15) is 4.79 Å². The third-order valence-electron chi connectivity index (χ3n) is 2.31. The van der Waals surface area contributed by atoms with E-state index >= 15 is 0 Å². The minimum absolute atomic E-state index is 0.244. The SMILES string of the molecule is CC(/C=C\CCC(N)=O)c1ccccc1. The van der Waals surface area contributed by atoms with Crippen LogP contribution in [0.1, 0.15) is 31.2 Å². The lowest BCUT2D eigenvalue weighted by Gasteiger charge is -2.05. The highest BCUT2D eigenvalue weighted by Crippen LogP contribution is 2.15. The Morgan fingerprint density at radius 1 is 1.40 bits per heavy atom. The van der Waals surface area contributed by atoms with Gasteiger partial charge in [0.05, 0.1) is 0 Å². The van der Waals surface area contributed by atoms with Gasteiger partial charge in [0.1, 0.15) is 0 Å². The Morgan fingerprint density at radius 3 is 2.67 bits per heavy atom. The number of carbonyl (C=O) groups is 1. The van der Waals surface area contributed by atoms with Gasteiger partial charge < -0.3 is 5.73 Å². The summed E-state index contributed by atoms with van der Waals surface area (Å²) in [5.41, 5.74) is 6.33. The summed E-state index contributed by atoms with van der Waals surface area (Å²) in [6.07, 6.45) is 5.28. The van der Waals surface area contributed by atoms with Gasteiger partial charge in [0.15, 0.2) is 0 Å². The van der Waals surface area contributed by atoms with Crippen LogP contribution in [0.25, 0.3) is 0 Å². The number of rotatable bonds is 5. The van der Waals surface area contributed by atoms with Crippen LogP contribution in [0.5, 0.6) is 0 Å². The molecule has 0 saturated carbocycles. The quantitative estimate of drug-likeness (QED) is 0.734. The summed E-state index contributed by atoms with van der Waals surface area (Å²) in [5, 5.41) is 0. The van der Waals surface area contributed by atoms with E-state index in [0.717, 1.165) is 6.42 Å². The zero-order valence-corrected chi connectivity index (χ0v) is 9.02. The highest BCUT2D eigenvalue weighted by molar-refractivity contribution is 5.73. The van der Waals surface area contributed by atoms with E-state index in [-0.39, 0.29) is 5.91 Å². The zero-order chi connectivity index (χ0) is 11.1. The van der Waals surface area contributed by atoms with Gasteiger partial charge in [-0.25, -0.2) is 0 Å². The van der Waals surface area contributed by atoms with Gasteiger partial charge >= 0.3 is 0 Å². The standard InChI is InChI=1S/C13H17NO/c1-11(7-5-6-10-13(14)15)12-8-3-2-4-9-12/h2-5,7-9,11H,6,10H2,1H3,(H2,14,15)/b7-5-. The van der Waals surface area contributed by atoms with E-state index in [1.807, 2.05) is 24.3 Å². The zero-order valence-electron chi connectivity index (χ0n) is 9.02. The van der Waals surface area contributed by atoms with Gasteiger partial charge in [-0.2, -0.15) is 0 Å². The van der Waals surface area contributed by atoms with Crippen LogP contribution in [-0.4, -0.2) is 5.91 Å². The lowest BCUT2D eigenvalue weighted by molar-refractivity contribution is -0.117. The lowest BCUT2D eigenvalue weighted by Crippen LogP contribution is -2.08. The van der Waals surface area contributed by atoms with Crippen LogP contribution < -0.4 is 5.73 Å². The molecular weight excluding hydrogens is 186 g/mol. The first kappa shape index (κ1) is 11.5. The summed E-state index contributed by atoms with van der Waals surface area (Å²) in [6, 6.07) is 10.3. The number of primary amides is 1. The first-order valence-corrected chi connectivity index (χ1v) is 5.20. The molecule has 2 N–H and O–H groups in total. The van der Waals surface area contributed by atoms with Crippen molar-refractivity contribution in [2.45, 2.75) is 25.7 Å². The highest BCUT2D eigenvalue weighted by Gasteiger charge is 1.98. The summed E-state index contributed by atoms with van der Waals surface area (Å²) in [4.78, 5) is 10.5. The molecule has 0 saturated heterocycles. The Morgan fingerprint density at radius 2 is 2.07 bits per heavy atom. The van der Waals surface area contributed by atoms with Crippen molar-refractivity contribution in [3.05, 3.63) is 48.0 Å². The fourth-order valence-electron chi connectivity index (χ4n) is 1.39. The summed E-state index contributed by atoms with van der Waals surface area (Å²) in [6.45, 7) is 2.14. The molecule has 0 heterocycles. The van der Waals surface area contributed by atoms with Crippen LogP contribution in [-0.2, 0) is 4.79 Å². The van der Waals surface area contributed by atoms with Crippen molar-refractivity contribution < 1.29 is 4.79 Å². The number of allylic oxidation sites excluding steroid dienone is 2. The third kappa shape index (κ3) is 4.45. The molecule has 1 aromatic carbocycles. The monoisotopic (exact) mass is 203 g/mol. The van der Waals surface area contributed by atoms with Crippen molar-refractivity contribution in [3.63, 3.8) is 0 Å². The second-order valence-corrected chi connectivity index (χ2v) is 3.63. The van der Waals surface area contributed by atoms with Gasteiger partial charge in [0.25, 0.3) is 0 Å². The molecule has 0 aliphatic carbocycles. The molecule has 1 atom stereocenters. The normalized spacial score (nSPS) is 12.9. The fraction of sp³-hybridized carbons (Fsp3) is 0.308. The number of nitrogens with two attached hydrogens (primary N) is 1. The van der Waals surface area contributed by atoms with Crippen molar-refractivity contribution >= 4 is 5.91 Å². The molecule has 15 heavy (non-hydrogen) atoms. The molecule has 80 valence electrons. The predicted octanol–water partition coefficient (Wildman–Crippen LogP) is 2.61. The molecule has 1 rings (SSSR count). The van der Waals surface area contributed by atoms with Crippen molar-refractivity contribution in [2.24, 2.45) is 5.73 Å². The molecule has 0 aliphatic rings. The first-order chi connectivity index (χ1) is 7.20. The first-order valence-electron chi connectivity index (χ1n) is 5.20. The van der Waals surface area contributed by atoms with Gasteiger partial charge in [0, 0.05) is 6.42 Å². The molecule has 0 bridgehead atoms. The Balaban J connectivity index is 2.42. The number of benzene rings is 1. The summed E-state index contributed by atoms with van der Waals surface area (Å²) in [5.74, 6) is 0.145.